The lowest BCUT2D eigenvalue weighted by Crippen LogP contribution is -2.46. The maximum absolute atomic E-state index is 12.1. The first-order valence-corrected chi connectivity index (χ1v) is 7.86. The van der Waals surface area contributed by atoms with Crippen LogP contribution >= 0.6 is 0 Å². The Balaban J connectivity index is 1.89. The van der Waals surface area contributed by atoms with E-state index in [4.69, 9.17) is 4.74 Å². The van der Waals surface area contributed by atoms with Crippen LogP contribution in [0.5, 0.6) is 0 Å². The molecule has 1 atom stereocenters. The van der Waals surface area contributed by atoms with Gasteiger partial charge in [-0.15, -0.1) is 0 Å². The number of carbonyl (C=O) groups excluding carboxylic acids is 2. The third-order valence-electron chi connectivity index (χ3n) is 4.27. The summed E-state index contributed by atoms with van der Waals surface area (Å²) in [5.74, 6) is 1.04. The quantitative estimate of drug-likeness (QED) is 0.779. The van der Waals surface area contributed by atoms with Gasteiger partial charge in [0.1, 0.15) is 11.4 Å². The van der Waals surface area contributed by atoms with E-state index in [9.17, 15) is 9.59 Å². The summed E-state index contributed by atoms with van der Waals surface area (Å²) in [7, 11) is 0. The van der Waals surface area contributed by atoms with E-state index in [1.807, 2.05) is 20.8 Å². The number of amides is 1. The van der Waals surface area contributed by atoms with Gasteiger partial charge in [0, 0.05) is 25.4 Å². The Morgan fingerprint density at radius 1 is 1.30 bits per heavy atom. The fraction of sp³-hybridized carbons (Fsp3) is 0.875. The largest absolute Gasteiger partial charge is 0.444 e. The third-order valence-corrected chi connectivity index (χ3v) is 4.27. The highest BCUT2D eigenvalue weighted by atomic mass is 16.6. The van der Waals surface area contributed by atoms with Crippen LogP contribution in [0.1, 0.15) is 59.3 Å². The number of ether oxygens (including phenoxy) is 1. The Morgan fingerprint density at radius 3 is 2.55 bits per heavy atom. The molecule has 2 fully saturated rings. The molecule has 0 bridgehead atoms. The Morgan fingerprint density at radius 2 is 1.95 bits per heavy atom. The number of likely N-dealkylation sites (tertiary alicyclic amines) is 1. The predicted molar refractivity (Wildman–Crippen MR) is 77.5 cm³/mol. The van der Waals surface area contributed by atoms with E-state index >= 15 is 0 Å². The van der Waals surface area contributed by atoms with Gasteiger partial charge in [0.15, 0.2) is 0 Å². The molecule has 1 heterocycles. The molecular formula is C16H27NO3. The highest BCUT2D eigenvalue weighted by Gasteiger charge is 2.33. The predicted octanol–water partition coefficient (Wildman–Crippen LogP) is 3.39. The average molecular weight is 281 g/mol. The van der Waals surface area contributed by atoms with Crippen molar-refractivity contribution in [3.63, 3.8) is 0 Å². The second-order valence-corrected chi connectivity index (χ2v) is 7.23. The normalized spacial score (nSPS) is 25.1. The van der Waals surface area contributed by atoms with Crippen molar-refractivity contribution >= 4 is 11.9 Å². The number of Topliss-reactive ketones (excluding diaryl/α,β-unsaturated/α-hetero) is 1. The molecule has 1 aliphatic heterocycles. The van der Waals surface area contributed by atoms with Crippen molar-refractivity contribution in [2.75, 3.05) is 13.1 Å². The monoisotopic (exact) mass is 281 g/mol. The molecule has 1 saturated heterocycles. The standard InChI is InChI=1S/C16H27NO3/c1-16(2,3)20-15(19)17-9-8-14(18)13(11-17)10-12-6-4-5-7-12/h12-13H,4-11H2,1-3H3. The molecule has 0 aromatic rings. The molecule has 1 saturated carbocycles. The van der Waals surface area contributed by atoms with E-state index in [0.29, 0.717) is 31.2 Å². The first-order chi connectivity index (χ1) is 9.35. The molecule has 1 unspecified atom stereocenters. The molecule has 1 aliphatic carbocycles. The van der Waals surface area contributed by atoms with Gasteiger partial charge in [-0.25, -0.2) is 4.79 Å². The zero-order chi connectivity index (χ0) is 14.8. The lowest BCUT2D eigenvalue weighted by molar-refractivity contribution is -0.126. The minimum Gasteiger partial charge on any atom is -0.444 e. The minimum absolute atomic E-state index is 0.0272. The zero-order valence-electron chi connectivity index (χ0n) is 13.0. The molecule has 0 aromatic heterocycles. The highest BCUT2D eigenvalue weighted by Crippen LogP contribution is 2.32. The van der Waals surface area contributed by atoms with Gasteiger partial charge >= 0.3 is 6.09 Å². The summed E-state index contributed by atoms with van der Waals surface area (Å²) in [6.07, 6.45) is 6.24. The maximum Gasteiger partial charge on any atom is 0.410 e. The van der Waals surface area contributed by atoms with E-state index in [-0.39, 0.29) is 12.0 Å². The summed E-state index contributed by atoms with van der Waals surface area (Å²) in [5, 5.41) is 0. The Labute approximate surface area is 121 Å². The summed E-state index contributed by atoms with van der Waals surface area (Å²) < 4.78 is 5.41. The van der Waals surface area contributed by atoms with Gasteiger partial charge < -0.3 is 9.64 Å². The van der Waals surface area contributed by atoms with Crippen molar-refractivity contribution < 1.29 is 14.3 Å². The first kappa shape index (κ1) is 15.3. The maximum atomic E-state index is 12.1. The van der Waals surface area contributed by atoms with Crippen LogP contribution in [-0.4, -0.2) is 35.5 Å². The van der Waals surface area contributed by atoms with Crippen LogP contribution in [-0.2, 0) is 9.53 Å². The lowest BCUT2D eigenvalue weighted by atomic mass is 9.86. The van der Waals surface area contributed by atoms with Gasteiger partial charge in [-0.3, -0.25) is 4.79 Å². The van der Waals surface area contributed by atoms with Crippen LogP contribution in [0, 0.1) is 11.8 Å². The van der Waals surface area contributed by atoms with Crippen LogP contribution in [0.25, 0.3) is 0 Å². The number of nitrogens with zero attached hydrogens (tertiary/aromatic N) is 1. The SMILES string of the molecule is CC(C)(C)OC(=O)N1CCC(=O)C(CC2CCCC2)C1. The number of hydrogen-bond donors (Lipinski definition) is 0. The molecule has 114 valence electrons. The molecule has 1 amide bonds. The number of carbonyl (C=O) groups is 2. The van der Waals surface area contributed by atoms with E-state index in [0.717, 1.165) is 6.42 Å². The summed E-state index contributed by atoms with van der Waals surface area (Å²) in [6, 6.07) is 0. The fourth-order valence-electron chi connectivity index (χ4n) is 3.26. The van der Waals surface area contributed by atoms with E-state index in [1.54, 1.807) is 4.90 Å². The third kappa shape index (κ3) is 4.22. The first-order valence-electron chi connectivity index (χ1n) is 7.86. The molecule has 0 spiro atoms. The van der Waals surface area contributed by atoms with Gasteiger partial charge in [0.2, 0.25) is 0 Å². The summed E-state index contributed by atoms with van der Waals surface area (Å²) >= 11 is 0. The van der Waals surface area contributed by atoms with Gasteiger partial charge in [-0.05, 0) is 33.1 Å². The molecule has 20 heavy (non-hydrogen) atoms. The van der Waals surface area contributed by atoms with Crippen LogP contribution in [0.15, 0.2) is 0 Å². The molecule has 2 rings (SSSR count). The van der Waals surface area contributed by atoms with Gasteiger partial charge in [0.25, 0.3) is 0 Å². The number of rotatable bonds is 2. The number of piperidine rings is 1. The smallest absolute Gasteiger partial charge is 0.410 e. The fourth-order valence-corrected chi connectivity index (χ4v) is 3.26. The molecule has 0 aromatic carbocycles. The van der Waals surface area contributed by atoms with Crippen LogP contribution in [0.4, 0.5) is 4.79 Å². The minimum atomic E-state index is -0.473. The van der Waals surface area contributed by atoms with Crippen molar-refractivity contribution in [3.8, 4) is 0 Å². The molecular weight excluding hydrogens is 254 g/mol. The topological polar surface area (TPSA) is 46.6 Å². The zero-order valence-corrected chi connectivity index (χ0v) is 13.0. The van der Waals surface area contributed by atoms with Gasteiger partial charge in [0.05, 0.1) is 0 Å². The van der Waals surface area contributed by atoms with Gasteiger partial charge in [-0.1, -0.05) is 25.7 Å². The van der Waals surface area contributed by atoms with Crippen molar-refractivity contribution in [1.29, 1.82) is 0 Å². The van der Waals surface area contributed by atoms with Crippen LogP contribution in [0.2, 0.25) is 0 Å². The molecule has 0 N–H and O–H groups in total. The highest BCUT2D eigenvalue weighted by molar-refractivity contribution is 5.84. The second-order valence-electron chi connectivity index (χ2n) is 7.23. The summed E-state index contributed by atoms with van der Waals surface area (Å²) in [6.45, 7) is 6.67. The Kier molecular flexibility index (Phi) is 4.71. The molecule has 4 heteroatoms. The van der Waals surface area contributed by atoms with E-state index in [1.165, 1.54) is 25.7 Å². The van der Waals surface area contributed by atoms with Gasteiger partial charge in [-0.2, -0.15) is 0 Å². The van der Waals surface area contributed by atoms with E-state index < -0.39 is 5.60 Å². The average Bonchev–Trinajstić information content (AvgIpc) is 2.82. The van der Waals surface area contributed by atoms with Crippen molar-refractivity contribution in [2.24, 2.45) is 11.8 Å². The van der Waals surface area contributed by atoms with Crippen LogP contribution in [0.3, 0.4) is 0 Å². The molecule has 2 aliphatic rings. The van der Waals surface area contributed by atoms with E-state index in [2.05, 4.69) is 0 Å². The Bertz CT molecular complexity index is 366. The molecule has 0 radical (unpaired) electrons. The van der Waals surface area contributed by atoms with Crippen molar-refractivity contribution in [1.82, 2.24) is 4.90 Å². The Hall–Kier alpha value is -1.06. The lowest BCUT2D eigenvalue weighted by Gasteiger charge is -2.34. The summed E-state index contributed by atoms with van der Waals surface area (Å²) in [4.78, 5) is 25.9. The number of ketones is 1. The molecule has 4 nitrogen and oxygen atoms in total. The summed E-state index contributed by atoms with van der Waals surface area (Å²) in [5.41, 5.74) is -0.473. The van der Waals surface area contributed by atoms with Crippen LogP contribution < -0.4 is 0 Å². The second kappa shape index (κ2) is 6.15. The van der Waals surface area contributed by atoms with Crippen molar-refractivity contribution in [3.05, 3.63) is 0 Å². The van der Waals surface area contributed by atoms with Crippen molar-refractivity contribution in [2.45, 2.75) is 64.9 Å². The number of hydrogen-bond acceptors (Lipinski definition) is 3.